The number of hydrogen-bond acceptors (Lipinski definition) is 6. The second-order valence-corrected chi connectivity index (χ2v) is 7.00. The first-order chi connectivity index (χ1) is 13.6. The van der Waals surface area contributed by atoms with E-state index in [4.69, 9.17) is 9.47 Å². The fourth-order valence-electron chi connectivity index (χ4n) is 4.01. The van der Waals surface area contributed by atoms with Gasteiger partial charge in [-0.2, -0.15) is 0 Å². The largest absolute Gasteiger partial charge is 0.502 e. The van der Waals surface area contributed by atoms with Crippen LogP contribution in [0, 0.1) is 0 Å². The Morgan fingerprint density at radius 3 is 2.62 bits per heavy atom. The molecule has 0 saturated carbocycles. The molecule has 0 aliphatic carbocycles. The summed E-state index contributed by atoms with van der Waals surface area (Å²) in [5.41, 5.74) is -0.291. The molecule has 2 aromatic rings. The Morgan fingerprint density at radius 2 is 1.97 bits per heavy atom. The molecule has 1 fully saturated rings. The molecule has 1 N–H and O–H groups in total. The van der Waals surface area contributed by atoms with Crippen molar-refractivity contribution in [2.45, 2.75) is 18.6 Å². The van der Waals surface area contributed by atoms with Crippen LogP contribution in [-0.2, 0) is 16.0 Å². The van der Waals surface area contributed by atoms with E-state index in [0.29, 0.717) is 39.3 Å². The summed E-state index contributed by atoms with van der Waals surface area (Å²) in [5.74, 6) is -0.941. The molecule has 156 valence electrons. The molecule has 1 aromatic carbocycles. The lowest BCUT2D eigenvalue weighted by molar-refractivity contribution is 0.00877. The average Bonchev–Trinajstić information content (AvgIpc) is 3.18. The predicted octanol–water partition coefficient (Wildman–Crippen LogP) is 1.33. The number of rotatable bonds is 5. The Balaban J connectivity index is 0.00000240. The number of aromatic hydroxyl groups is 1. The molecule has 2 aliphatic heterocycles. The summed E-state index contributed by atoms with van der Waals surface area (Å²) in [4.78, 5) is 27.0. The number of amides is 1. The van der Waals surface area contributed by atoms with Crippen molar-refractivity contribution in [3.05, 3.63) is 64.1 Å². The first-order valence-corrected chi connectivity index (χ1v) is 9.23. The van der Waals surface area contributed by atoms with Gasteiger partial charge in [0.05, 0.1) is 26.4 Å². The topological polar surface area (TPSA) is 84.2 Å². The van der Waals surface area contributed by atoms with E-state index in [0.717, 1.165) is 5.56 Å². The molecular weight excluding hydrogens is 398 g/mol. The summed E-state index contributed by atoms with van der Waals surface area (Å²) in [6.07, 6.45) is 2.16. The summed E-state index contributed by atoms with van der Waals surface area (Å²) in [6, 6.07) is 11.1. The molecule has 4 rings (SSSR count). The maximum Gasteiger partial charge on any atom is 0.278 e. The Labute approximate surface area is 174 Å². The van der Waals surface area contributed by atoms with E-state index in [1.54, 1.807) is 22.9 Å². The summed E-state index contributed by atoms with van der Waals surface area (Å²) >= 11 is 0. The second-order valence-electron chi connectivity index (χ2n) is 7.00. The van der Waals surface area contributed by atoms with E-state index < -0.39 is 22.7 Å². The fourth-order valence-corrected chi connectivity index (χ4v) is 4.01. The first-order valence-electron chi connectivity index (χ1n) is 9.23. The van der Waals surface area contributed by atoms with Gasteiger partial charge in [-0.25, -0.2) is 0 Å². The van der Waals surface area contributed by atoms with Gasteiger partial charge in [0, 0.05) is 32.3 Å². The van der Waals surface area contributed by atoms with Crippen molar-refractivity contribution in [2.75, 3.05) is 38.5 Å². The molecule has 0 radical (unpaired) electrons. The second kappa shape index (κ2) is 8.44. The third-order valence-corrected chi connectivity index (χ3v) is 5.42. The smallest absolute Gasteiger partial charge is 0.278 e. The molecule has 3 heterocycles. The summed E-state index contributed by atoms with van der Waals surface area (Å²) in [6.45, 7) is 2.00. The van der Waals surface area contributed by atoms with Crippen LogP contribution >= 0.6 is 12.4 Å². The minimum atomic E-state index is -0.722. The molecule has 1 atom stereocenters. The molecule has 29 heavy (non-hydrogen) atoms. The van der Waals surface area contributed by atoms with Gasteiger partial charge in [0.25, 0.3) is 5.91 Å². The number of fused-ring (bicyclic) bond motifs is 1. The maximum absolute atomic E-state index is 13.3. The molecule has 9 heteroatoms. The Morgan fingerprint density at radius 1 is 1.21 bits per heavy atom. The summed E-state index contributed by atoms with van der Waals surface area (Å²) in [5, 5.41) is 12.4. The van der Waals surface area contributed by atoms with Gasteiger partial charge in [-0.15, -0.1) is 12.4 Å². The summed E-state index contributed by atoms with van der Waals surface area (Å²) in [7, 11) is 1.57. The van der Waals surface area contributed by atoms with Crippen LogP contribution in [0.3, 0.4) is 0 Å². The molecule has 1 unspecified atom stereocenters. The van der Waals surface area contributed by atoms with E-state index in [1.807, 2.05) is 35.3 Å². The van der Waals surface area contributed by atoms with Gasteiger partial charge in [-0.05, 0) is 5.56 Å². The fraction of sp³-hybridized carbons (Fsp3) is 0.400. The van der Waals surface area contributed by atoms with Crippen LogP contribution < -0.4 is 10.4 Å². The van der Waals surface area contributed by atoms with Gasteiger partial charge in [-0.1, -0.05) is 30.3 Å². The van der Waals surface area contributed by atoms with Gasteiger partial charge in [0.15, 0.2) is 17.1 Å². The monoisotopic (exact) mass is 421 g/mol. The predicted molar refractivity (Wildman–Crippen MR) is 109 cm³/mol. The third-order valence-electron chi connectivity index (χ3n) is 5.42. The van der Waals surface area contributed by atoms with Crippen LogP contribution in [0.2, 0.25) is 0 Å². The molecule has 1 aromatic heterocycles. The van der Waals surface area contributed by atoms with Gasteiger partial charge in [0.2, 0.25) is 5.43 Å². The van der Waals surface area contributed by atoms with Gasteiger partial charge in [-0.3, -0.25) is 19.3 Å². The maximum atomic E-state index is 13.3. The zero-order valence-electron chi connectivity index (χ0n) is 16.1. The zero-order chi connectivity index (χ0) is 19.7. The highest BCUT2D eigenvalue weighted by Crippen LogP contribution is 2.37. The molecule has 1 spiro atoms. The van der Waals surface area contributed by atoms with Crippen LogP contribution in [0.5, 0.6) is 5.75 Å². The van der Waals surface area contributed by atoms with Crippen molar-refractivity contribution < 1.29 is 19.4 Å². The number of nitrogens with zero attached hydrogens (tertiary/aromatic N) is 3. The lowest BCUT2D eigenvalue weighted by Gasteiger charge is -2.53. The van der Waals surface area contributed by atoms with Gasteiger partial charge in [0.1, 0.15) is 0 Å². The lowest BCUT2D eigenvalue weighted by Crippen LogP contribution is -2.71. The number of ether oxygens (including phenoxy) is 2. The molecule has 2 aliphatic rings. The van der Waals surface area contributed by atoms with E-state index >= 15 is 0 Å². The van der Waals surface area contributed by atoms with Crippen LogP contribution in [0.15, 0.2) is 47.4 Å². The molecule has 8 nitrogen and oxygen atoms in total. The minimum absolute atomic E-state index is 0. The van der Waals surface area contributed by atoms with E-state index in [2.05, 4.69) is 0 Å². The summed E-state index contributed by atoms with van der Waals surface area (Å²) < 4.78 is 12.5. The normalized spacial score (nSPS) is 20.7. The van der Waals surface area contributed by atoms with Crippen LogP contribution in [0.25, 0.3) is 0 Å². The molecule has 1 amide bonds. The van der Waals surface area contributed by atoms with Crippen molar-refractivity contribution in [1.82, 2.24) is 9.58 Å². The van der Waals surface area contributed by atoms with Crippen molar-refractivity contribution in [3.63, 3.8) is 0 Å². The SMILES string of the molecule is COCCN1C(=O)c2c(O)c(=O)ccn2N(Cc2ccccc2)C12CCOC2.Cl. The van der Waals surface area contributed by atoms with Crippen LogP contribution in [-0.4, -0.2) is 59.7 Å². The number of pyridine rings is 1. The number of hydrogen-bond donors (Lipinski definition) is 1. The highest BCUT2D eigenvalue weighted by molar-refractivity contribution is 5.97. The van der Waals surface area contributed by atoms with Crippen molar-refractivity contribution in [1.29, 1.82) is 0 Å². The third kappa shape index (κ3) is 3.48. The molecule has 0 bridgehead atoms. The zero-order valence-corrected chi connectivity index (χ0v) is 16.9. The van der Waals surface area contributed by atoms with E-state index in [-0.39, 0.29) is 18.1 Å². The number of halogens is 1. The van der Waals surface area contributed by atoms with Crippen LogP contribution in [0.1, 0.15) is 22.5 Å². The number of aromatic nitrogens is 1. The standard InChI is InChI=1S/C20H23N3O5.ClH/c1-27-12-10-21-19(26)17-18(25)16(24)7-9-22(17)23(20(21)8-11-28-14-20)13-15-5-3-2-4-6-15;/h2-7,9,25H,8,10-14H2,1H3;1H. The van der Waals surface area contributed by atoms with Crippen LogP contribution in [0.4, 0.5) is 0 Å². The lowest BCUT2D eigenvalue weighted by atomic mass is 10.0. The van der Waals surface area contributed by atoms with Crippen molar-refractivity contribution in [2.24, 2.45) is 0 Å². The molecule has 1 saturated heterocycles. The average molecular weight is 422 g/mol. The Kier molecular flexibility index (Phi) is 6.16. The number of methoxy groups -OCH3 is 1. The van der Waals surface area contributed by atoms with Gasteiger partial charge < -0.3 is 19.5 Å². The quantitative estimate of drug-likeness (QED) is 0.784. The Bertz CT molecular complexity index is 927. The Hall–Kier alpha value is -2.55. The number of carbonyl (C=O) groups excluding carboxylic acids is 1. The minimum Gasteiger partial charge on any atom is -0.502 e. The highest BCUT2D eigenvalue weighted by atomic mass is 35.5. The van der Waals surface area contributed by atoms with E-state index in [1.165, 1.54) is 6.07 Å². The highest BCUT2D eigenvalue weighted by Gasteiger charge is 2.53. The van der Waals surface area contributed by atoms with Crippen molar-refractivity contribution >= 4 is 18.3 Å². The van der Waals surface area contributed by atoms with Crippen molar-refractivity contribution in [3.8, 4) is 5.75 Å². The van der Waals surface area contributed by atoms with E-state index in [9.17, 15) is 14.7 Å². The number of benzene rings is 1. The molecular formula is C20H24ClN3O5. The van der Waals surface area contributed by atoms with Gasteiger partial charge >= 0.3 is 0 Å². The number of carbonyl (C=O) groups is 1. The first kappa shape index (κ1) is 21.2.